The molecule has 0 radical (unpaired) electrons. The Morgan fingerprint density at radius 2 is 1.90 bits per heavy atom. The second-order valence-corrected chi connectivity index (χ2v) is 6.02. The number of hydrogen-bond donors (Lipinski definition) is 2. The minimum absolute atomic E-state index is 0.391. The molecule has 0 unspecified atom stereocenters. The van der Waals surface area contributed by atoms with Crippen LogP contribution in [0, 0.1) is 0 Å². The molecule has 2 aromatic rings. The Labute approximate surface area is 127 Å². The lowest BCUT2D eigenvalue weighted by Gasteiger charge is -2.08. The molecule has 0 atom stereocenters. The van der Waals surface area contributed by atoms with E-state index in [4.69, 9.17) is 34.8 Å². The Morgan fingerprint density at radius 3 is 2.55 bits per heavy atom. The van der Waals surface area contributed by atoms with E-state index in [1.165, 1.54) is 17.5 Å². The highest BCUT2D eigenvalue weighted by atomic mass is 35.5. The van der Waals surface area contributed by atoms with Crippen molar-refractivity contribution in [2.45, 2.75) is 31.6 Å². The van der Waals surface area contributed by atoms with Crippen molar-refractivity contribution in [2.75, 3.05) is 11.6 Å². The standard InChI is InChI=1S/C14H16Cl2N4/c15-9-5-6-10(11(16)7-9)12-13(17)20(18)14(19-12)8-3-1-2-4-8/h5-8H,1-4,17-18H2. The molecule has 0 aliphatic heterocycles. The summed E-state index contributed by atoms with van der Waals surface area (Å²) in [6.07, 6.45) is 4.66. The van der Waals surface area contributed by atoms with Crippen molar-refractivity contribution < 1.29 is 0 Å². The maximum atomic E-state index is 6.23. The van der Waals surface area contributed by atoms with Crippen LogP contribution >= 0.6 is 23.2 Å². The van der Waals surface area contributed by atoms with Gasteiger partial charge >= 0.3 is 0 Å². The number of rotatable bonds is 2. The van der Waals surface area contributed by atoms with Gasteiger partial charge in [-0.2, -0.15) is 0 Å². The van der Waals surface area contributed by atoms with Gasteiger partial charge in [0.2, 0.25) is 0 Å². The smallest absolute Gasteiger partial charge is 0.150 e. The van der Waals surface area contributed by atoms with Crippen molar-refractivity contribution in [3.8, 4) is 11.3 Å². The van der Waals surface area contributed by atoms with Gasteiger partial charge in [-0.15, -0.1) is 0 Å². The van der Waals surface area contributed by atoms with Crippen molar-refractivity contribution in [1.29, 1.82) is 0 Å². The molecule has 0 spiro atoms. The molecule has 4 N–H and O–H groups in total. The molecule has 1 aromatic carbocycles. The molecule has 1 fully saturated rings. The maximum absolute atomic E-state index is 6.23. The third kappa shape index (κ3) is 2.23. The van der Waals surface area contributed by atoms with Crippen LogP contribution in [0.2, 0.25) is 10.0 Å². The summed E-state index contributed by atoms with van der Waals surface area (Å²) in [4.78, 5) is 4.64. The fourth-order valence-corrected chi connectivity index (χ4v) is 3.31. The quantitative estimate of drug-likeness (QED) is 0.829. The molecule has 1 aliphatic carbocycles. The van der Waals surface area contributed by atoms with E-state index in [-0.39, 0.29) is 0 Å². The zero-order chi connectivity index (χ0) is 14.3. The van der Waals surface area contributed by atoms with Gasteiger partial charge in [0, 0.05) is 16.5 Å². The van der Waals surface area contributed by atoms with Crippen molar-refractivity contribution in [3.05, 3.63) is 34.1 Å². The summed E-state index contributed by atoms with van der Waals surface area (Å²) in [5, 5.41) is 1.11. The number of anilines is 1. The van der Waals surface area contributed by atoms with Gasteiger partial charge in [0.25, 0.3) is 0 Å². The minimum Gasteiger partial charge on any atom is -0.382 e. The second-order valence-electron chi connectivity index (χ2n) is 5.18. The van der Waals surface area contributed by atoms with Gasteiger partial charge in [-0.3, -0.25) is 0 Å². The van der Waals surface area contributed by atoms with Crippen molar-refractivity contribution in [2.24, 2.45) is 0 Å². The second kappa shape index (κ2) is 5.19. The Morgan fingerprint density at radius 1 is 1.20 bits per heavy atom. The van der Waals surface area contributed by atoms with Gasteiger partial charge in [-0.25, -0.2) is 9.66 Å². The van der Waals surface area contributed by atoms with Crippen LogP contribution in [0.5, 0.6) is 0 Å². The number of nitrogens with zero attached hydrogens (tertiary/aromatic N) is 2. The molecule has 4 nitrogen and oxygen atoms in total. The lowest BCUT2D eigenvalue weighted by molar-refractivity contribution is 0.648. The summed E-state index contributed by atoms with van der Waals surface area (Å²) in [5.74, 6) is 7.74. The van der Waals surface area contributed by atoms with E-state index in [2.05, 4.69) is 4.98 Å². The number of halogens is 2. The zero-order valence-electron chi connectivity index (χ0n) is 10.9. The molecular formula is C14H16Cl2N4. The predicted molar refractivity (Wildman–Crippen MR) is 83.5 cm³/mol. The SMILES string of the molecule is Nc1c(-c2ccc(Cl)cc2Cl)nc(C2CCCC2)n1N. The van der Waals surface area contributed by atoms with Crippen molar-refractivity contribution in [3.63, 3.8) is 0 Å². The Kier molecular flexibility index (Phi) is 3.52. The lowest BCUT2D eigenvalue weighted by atomic mass is 10.1. The molecule has 0 amide bonds. The first kappa shape index (κ1) is 13.6. The molecule has 1 heterocycles. The van der Waals surface area contributed by atoms with E-state index in [1.54, 1.807) is 12.1 Å². The van der Waals surface area contributed by atoms with Crippen molar-refractivity contribution >= 4 is 29.0 Å². The Hall–Kier alpha value is -1.39. The summed E-state index contributed by atoms with van der Waals surface area (Å²) in [7, 11) is 0. The highest BCUT2D eigenvalue weighted by molar-refractivity contribution is 6.36. The van der Waals surface area contributed by atoms with Crippen LogP contribution in [0.1, 0.15) is 37.4 Å². The zero-order valence-corrected chi connectivity index (χ0v) is 12.5. The number of benzene rings is 1. The maximum Gasteiger partial charge on any atom is 0.150 e. The van der Waals surface area contributed by atoms with Crippen LogP contribution in [0.4, 0.5) is 5.82 Å². The largest absolute Gasteiger partial charge is 0.382 e. The molecule has 106 valence electrons. The summed E-state index contributed by atoms with van der Waals surface area (Å²) < 4.78 is 1.50. The molecule has 20 heavy (non-hydrogen) atoms. The van der Waals surface area contributed by atoms with Gasteiger partial charge in [-0.1, -0.05) is 36.0 Å². The fourth-order valence-electron chi connectivity index (χ4n) is 2.81. The molecule has 0 bridgehead atoms. The molecule has 1 aromatic heterocycles. The average molecular weight is 311 g/mol. The minimum atomic E-state index is 0.391. The van der Waals surface area contributed by atoms with Gasteiger partial charge in [0.15, 0.2) is 5.82 Å². The molecule has 3 rings (SSSR count). The van der Waals surface area contributed by atoms with E-state index in [9.17, 15) is 0 Å². The highest BCUT2D eigenvalue weighted by Gasteiger charge is 2.25. The molecule has 1 aliphatic rings. The first-order valence-electron chi connectivity index (χ1n) is 6.66. The van der Waals surface area contributed by atoms with Crippen LogP contribution in [0.15, 0.2) is 18.2 Å². The topological polar surface area (TPSA) is 69.9 Å². The van der Waals surface area contributed by atoms with Crippen LogP contribution < -0.4 is 11.6 Å². The normalized spacial score (nSPS) is 15.9. The third-order valence-electron chi connectivity index (χ3n) is 3.88. The fraction of sp³-hybridized carbons (Fsp3) is 0.357. The van der Waals surface area contributed by atoms with E-state index >= 15 is 0 Å². The first-order valence-corrected chi connectivity index (χ1v) is 7.42. The molecule has 6 heteroatoms. The van der Waals surface area contributed by atoms with E-state index in [1.807, 2.05) is 6.07 Å². The van der Waals surface area contributed by atoms with Gasteiger partial charge in [0.1, 0.15) is 11.5 Å². The Balaban J connectivity index is 2.07. The van der Waals surface area contributed by atoms with Gasteiger partial charge < -0.3 is 11.6 Å². The van der Waals surface area contributed by atoms with E-state index in [0.29, 0.717) is 27.5 Å². The highest BCUT2D eigenvalue weighted by Crippen LogP contribution is 2.38. The van der Waals surface area contributed by atoms with Crippen LogP contribution in [-0.4, -0.2) is 9.66 Å². The predicted octanol–water partition coefficient (Wildman–Crippen LogP) is 3.81. The number of imidazole rings is 1. The van der Waals surface area contributed by atoms with Crippen LogP contribution in [0.25, 0.3) is 11.3 Å². The molecular weight excluding hydrogens is 295 g/mol. The average Bonchev–Trinajstić information content (AvgIpc) is 3.01. The number of nitrogen functional groups attached to an aromatic ring is 2. The summed E-state index contributed by atoms with van der Waals surface area (Å²) in [6.45, 7) is 0. The number of aromatic nitrogens is 2. The molecule has 0 saturated heterocycles. The summed E-state index contributed by atoms with van der Waals surface area (Å²) >= 11 is 12.1. The van der Waals surface area contributed by atoms with Crippen molar-refractivity contribution in [1.82, 2.24) is 9.66 Å². The van der Waals surface area contributed by atoms with Gasteiger partial charge in [-0.05, 0) is 31.0 Å². The van der Waals surface area contributed by atoms with E-state index in [0.717, 1.165) is 24.2 Å². The van der Waals surface area contributed by atoms with Gasteiger partial charge in [0.05, 0.1) is 5.02 Å². The molecule has 1 saturated carbocycles. The Bertz CT molecular complexity index is 645. The van der Waals surface area contributed by atoms with Crippen LogP contribution in [-0.2, 0) is 0 Å². The van der Waals surface area contributed by atoms with Crippen LogP contribution in [0.3, 0.4) is 0 Å². The third-order valence-corrected chi connectivity index (χ3v) is 4.43. The summed E-state index contributed by atoms with van der Waals surface area (Å²) in [5.41, 5.74) is 7.49. The number of nitrogens with two attached hydrogens (primary N) is 2. The monoisotopic (exact) mass is 310 g/mol. The lowest BCUT2D eigenvalue weighted by Crippen LogP contribution is -2.17. The summed E-state index contributed by atoms with van der Waals surface area (Å²) in [6, 6.07) is 5.28. The van der Waals surface area contributed by atoms with E-state index < -0.39 is 0 Å². The number of hydrogen-bond acceptors (Lipinski definition) is 3. The first-order chi connectivity index (χ1) is 9.58.